The number of carbonyl (C=O) groups excluding carboxylic acids is 2. The lowest BCUT2D eigenvalue weighted by atomic mass is 10.1. The Morgan fingerprint density at radius 3 is 2.41 bits per heavy atom. The maximum atomic E-state index is 12.6. The fourth-order valence-electron chi connectivity index (χ4n) is 2.84. The van der Waals surface area contributed by atoms with Crippen LogP contribution in [0.4, 0.5) is 11.4 Å². The lowest BCUT2D eigenvalue weighted by Gasteiger charge is -2.10. The van der Waals surface area contributed by atoms with Crippen LogP contribution in [0.5, 0.6) is 5.75 Å². The second-order valence-electron chi connectivity index (χ2n) is 6.31. The van der Waals surface area contributed by atoms with Crippen molar-refractivity contribution in [2.45, 2.75) is 20.3 Å². The first-order valence-corrected chi connectivity index (χ1v) is 9.50. The SMILES string of the molecule is CCOc1ccc(NC(=O)c2ccnc(C(=O)Nc3ccccc3CC)c2)cc1. The molecule has 3 aromatic rings. The van der Waals surface area contributed by atoms with Crippen molar-refractivity contribution >= 4 is 23.2 Å². The van der Waals surface area contributed by atoms with Crippen LogP contribution in [-0.4, -0.2) is 23.4 Å². The van der Waals surface area contributed by atoms with E-state index in [0.29, 0.717) is 17.9 Å². The van der Waals surface area contributed by atoms with Crippen molar-refractivity contribution in [3.8, 4) is 5.75 Å². The number of hydrogen-bond donors (Lipinski definition) is 2. The van der Waals surface area contributed by atoms with E-state index in [1.165, 1.54) is 12.3 Å². The summed E-state index contributed by atoms with van der Waals surface area (Å²) in [5.41, 5.74) is 2.94. The van der Waals surface area contributed by atoms with Gasteiger partial charge in [0.1, 0.15) is 11.4 Å². The molecule has 29 heavy (non-hydrogen) atoms. The molecule has 0 spiro atoms. The summed E-state index contributed by atoms with van der Waals surface area (Å²) in [7, 11) is 0. The van der Waals surface area contributed by atoms with E-state index in [1.807, 2.05) is 38.1 Å². The average molecular weight is 389 g/mol. The Morgan fingerprint density at radius 1 is 0.931 bits per heavy atom. The summed E-state index contributed by atoms with van der Waals surface area (Å²) in [4.78, 5) is 29.3. The lowest BCUT2D eigenvalue weighted by Crippen LogP contribution is -2.17. The number of ether oxygens (including phenoxy) is 1. The zero-order chi connectivity index (χ0) is 20.6. The molecule has 2 amide bonds. The maximum absolute atomic E-state index is 12.6. The highest BCUT2D eigenvalue weighted by molar-refractivity contribution is 6.08. The summed E-state index contributed by atoms with van der Waals surface area (Å²) < 4.78 is 5.39. The average Bonchev–Trinajstić information content (AvgIpc) is 2.75. The van der Waals surface area contributed by atoms with Gasteiger partial charge in [0.05, 0.1) is 6.61 Å². The highest BCUT2D eigenvalue weighted by Gasteiger charge is 2.13. The van der Waals surface area contributed by atoms with Crippen LogP contribution in [-0.2, 0) is 6.42 Å². The molecule has 0 aliphatic heterocycles. The van der Waals surface area contributed by atoms with Gasteiger partial charge in [-0.2, -0.15) is 0 Å². The monoisotopic (exact) mass is 389 g/mol. The van der Waals surface area contributed by atoms with E-state index >= 15 is 0 Å². The molecule has 148 valence electrons. The normalized spacial score (nSPS) is 10.3. The maximum Gasteiger partial charge on any atom is 0.274 e. The van der Waals surface area contributed by atoms with Crippen LogP contribution in [0.3, 0.4) is 0 Å². The van der Waals surface area contributed by atoms with Gasteiger partial charge in [-0.25, -0.2) is 0 Å². The fraction of sp³-hybridized carbons (Fsp3) is 0.174. The second kappa shape index (κ2) is 9.50. The molecule has 0 aliphatic carbocycles. The summed E-state index contributed by atoms with van der Waals surface area (Å²) in [6, 6.07) is 17.8. The Kier molecular flexibility index (Phi) is 6.58. The zero-order valence-electron chi connectivity index (χ0n) is 16.4. The van der Waals surface area contributed by atoms with E-state index in [9.17, 15) is 9.59 Å². The first-order chi connectivity index (χ1) is 14.1. The minimum Gasteiger partial charge on any atom is -0.494 e. The van der Waals surface area contributed by atoms with E-state index in [-0.39, 0.29) is 17.5 Å². The van der Waals surface area contributed by atoms with Crippen LogP contribution in [0.2, 0.25) is 0 Å². The Morgan fingerprint density at radius 2 is 1.69 bits per heavy atom. The van der Waals surface area contributed by atoms with Gasteiger partial charge < -0.3 is 15.4 Å². The van der Waals surface area contributed by atoms with Gasteiger partial charge >= 0.3 is 0 Å². The van der Waals surface area contributed by atoms with Crippen LogP contribution in [0.25, 0.3) is 0 Å². The van der Waals surface area contributed by atoms with Gasteiger partial charge in [0.15, 0.2) is 0 Å². The van der Waals surface area contributed by atoms with Crippen molar-refractivity contribution in [2.24, 2.45) is 0 Å². The van der Waals surface area contributed by atoms with E-state index < -0.39 is 0 Å². The first kappa shape index (κ1) is 20.1. The molecule has 1 heterocycles. The van der Waals surface area contributed by atoms with E-state index in [0.717, 1.165) is 23.4 Å². The molecule has 0 aliphatic rings. The number of aromatic nitrogens is 1. The molecule has 0 radical (unpaired) electrons. The molecule has 3 rings (SSSR count). The van der Waals surface area contributed by atoms with Gasteiger partial charge in [-0.1, -0.05) is 25.1 Å². The van der Waals surface area contributed by atoms with Gasteiger partial charge in [-0.05, 0) is 61.4 Å². The Hall–Kier alpha value is -3.67. The second-order valence-corrected chi connectivity index (χ2v) is 6.31. The van der Waals surface area contributed by atoms with Gasteiger partial charge in [-0.15, -0.1) is 0 Å². The summed E-state index contributed by atoms with van der Waals surface area (Å²) >= 11 is 0. The molecule has 0 atom stereocenters. The smallest absolute Gasteiger partial charge is 0.274 e. The molecule has 2 N–H and O–H groups in total. The van der Waals surface area contributed by atoms with Crippen molar-refractivity contribution in [1.82, 2.24) is 4.98 Å². The van der Waals surface area contributed by atoms with E-state index in [4.69, 9.17) is 4.74 Å². The number of aryl methyl sites for hydroxylation is 1. The summed E-state index contributed by atoms with van der Waals surface area (Å²) in [5.74, 6) is 0.0573. The highest BCUT2D eigenvalue weighted by Crippen LogP contribution is 2.18. The summed E-state index contributed by atoms with van der Waals surface area (Å²) in [6.07, 6.45) is 2.25. The first-order valence-electron chi connectivity index (χ1n) is 9.50. The quantitative estimate of drug-likeness (QED) is 0.621. The summed E-state index contributed by atoms with van der Waals surface area (Å²) in [5, 5.41) is 5.67. The molecule has 0 unspecified atom stereocenters. The molecule has 0 saturated carbocycles. The molecule has 1 aromatic heterocycles. The number of benzene rings is 2. The van der Waals surface area contributed by atoms with Crippen LogP contribution >= 0.6 is 0 Å². The molecule has 6 nitrogen and oxygen atoms in total. The summed E-state index contributed by atoms with van der Waals surface area (Å²) in [6.45, 7) is 4.51. The lowest BCUT2D eigenvalue weighted by molar-refractivity contribution is 0.102. The van der Waals surface area contributed by atoms with Gasteiger partial charge in [0.2, 0.25) is 0 Å². The van der Waals surface area contributed by atoms with Crippen LogP contribution in [0, 0.1) is 0 Å². The highest BCUT2D eigenvalue weighted by atomic mass is 16.5. The number of hydrogen-bond acceptors (Lipinski definition) is 4. The third-order valence-corrected chi connectivity index (χ3v) is 4.32. The standard InChI is InChI=1S/C23H23N3O3/c1-3-16-7-5-6-8-20(16)26-23(28)21-15-17(13-14-24-21)22(27)25-18-9-11-19(12-10-18)29-4-2/h5-15H,3-4H2,1-2H3,(H,25,27)(H,26,28). The number of carbonyl (C=O) groups is 2. The third kappa shape index (κ3) is 5.19. The van der Waals surface area contributed by atoms with Gasteiger partial charge in [0.25, 0.3) is 11.8 Å². The van der Waals surface area contributed by atoms with Crippen LogP contribution < -0.4 is 15.4 Å². The number of rotatable bonds is 7. The zero-order valence-corrected chi connectivity index (χ0v) is 16.4. The minimum absolute atomic E-state index is 0.176. The molecular formula is C23H23N3O3. The molecular weight excluding hydrogens is 366 g/mol. The largest absolute Gasteiger partial charge is 0.494 e. The number of amides is 2. The molecule has 0 fully saturated rings. The number of pyridine rings is 1. The van der Waals surface area contributed by atoms with Gasteiger partial charge in [0, 0.05) is 23.1 Å². The number of anilines is 2. The number of nitrogens with one attached hydrogen (secondary N) is 2. The molecule has 2 aromatic carbocycles. The fourth-order valence-corrected chi connectivity index (χ4v) is 2.84. The van der Waals surface area contributed by atoms with Crippen molar-refractivity contribution in [1.29, 1.82) is 0 Å². The van der Waals surface area contributed by atoms with E-state index in [1.54, 1.807) is 30.3 Å². The van der Waals surface area contributed by atoms with E-state index in [2.05, 4.69) is 15.6 Å². The topological polar surface area (TPSA) is 80.3 Å². The van der Waals surface area contributed by atoms with Crippen LogP contribution in [0.1, 0.15) is 40.3 Å². The molecule has 6 heteroatoms. The van der Waals surface area contributed by atoms with Crippen molar-refractivity contribution < 1.29 is 14.3 Å². The van der Waals surface area contributed by atoms with Crippen LogP contribution in [0.15, 0.2) is 66.9 Å². The molecule has 0 saturated heterocycles. The number of nitrogens with zero attached hydrogens (tertiary/aromatic N) is 1. The third-order valence-electron chi connectivity index (χ3n) is 4.32. The minimum atomic E-state index is -0.360. The van der Waals surface area contributed by atoms with Crippen molar-refractivity contribution in [3.05, 3.63) is 83.7 Å². The number of para-hydroxylation sites is 1. The Bertz CT molecular complexity index is 1000. The Balaban J connectivity index is 1.71. The van der Waals surface area contributed by atoms with Crippen molar-refractivity contribution in [2.75, 3.05) is 17.2 Å². The van der Waals surface area contributed by atoms with Crippen molar-refractivity contribution in [3.63, 3.8) is 0 Å². The molecule has 0 bridgehead atoms. The predicted molar refractivity (Wildman–Crippen MR) is 114 cm³/mol. The Labute approximate surface area is 169 Å². The van der Waals surface area contributed by atoms with Gasteiger partial charge in [-0.3, -0.25) is 14.6 Å². The predicted octanol–water partition coefficient (Wildman–Crippen LogP) is 4.55.